The van der Waals surface area contributed by atoms with E-state index in [1.54, 1.807) is 31.2 Å². The van der Waals surface area contributed by atoms with Gasteiger partial charge in [0.25, 0.3) is 5.91 Å². The highest BCUT2D eigenvalue weighted by Crippen LogP contribution is 2.18. The van der Waals surface area contributed by atoms with Crippen molar-refractivity contribution in [2.45, 2.75) is 19.6 Å². The molecule has 1 aliphatic heterocycles. The standard InChI is InChI=1S/C21H22ClN3O2/c1-16(27-20-8-6-19(22)7-9-20)21(26)25-12-10-24(11-13-25)15-18-4-2-17(14-23)3-5-18/h2-9,16H,10-13,15H2,1H3/t16-/m1/s1. The number of hydrogen-bond acceptors (Lipinski definition) is 4. The van der Waals surface area contributed by atoms with Crippen LogP contribution in [0.2, 0.25) is 5.02 Å². The van der Waals surface area contributed by atoms with Gasteiger partial charge in [0, 0.05) is 37.7 Å². The predicted molar refractivity (Wildman–Crippen MR) is 105 cm³/mol. The van der Waals surface area contributed by atoms with Crippen molar-refractivity contribution in [3.63, 3.8) is 0 Å². The maximum Gasteiger partial charge on any atom is 0.263 e. The Bertz CT molecular complexity index is 807. The van der Waals surface area contributed by atoms with Gasteiger partial charge in [-0.25, -0.2) is 0 Å². The Hall–Kier alpha value is -2.55. The summed E-state index contributed by atoms with van der Waals surface area (Å²) in [4.78, 5) is 16.8. The van der Waals surface area contributed by atoms with Crippen molar-refractivity contribution in [3.8, 4) is 11.8 Å². The van der Waals surface area contributed by atoms with Gasteiger partial charge in [-0.1, -0.05) is 23.7 Å². The van der Waals surface area contributed by atoms with E-state index in [4.69, 9.17) is 21.6 Å². The van der Waals surface area contributed by atoms with Gasteiger partial charge < -0.3 is 9.64 Å². The smallest absolute Gasteiger partial charge is 0.263 e. The van der Waals surface area contributed by atoms with Gasteiger partial charge in [0.05, 0.1) is 11.6 Å². The molecule has 1 heterocycles. The fourth-order valence-corrected chi connectivity index (χ4v) is 3.22. The second kappa shape index (κ2) is 8.90. The van der Waals surface area contributed by atoms with Crippen molar-refractivity contribution >= 4 is 17.5 Å². The van der Waals surface area contributed by atoms with E-state index in [0.717, 1.165) is 19.6 Å². The summed E-state index contributed by atoms with van der Waals surface area (Å²) in [6.07, 6.45) is -0.531. The Morgan fingerprint density at radius 3 is 2.33 bits per heavy atom. The molecule has 0 unspecified atom stereocenters. The van der Waals surface area contributed by atoms with E-state index >= 15 is 0 Å². The van der Waals surface area contributed by atoms with Crippen LogP contribution < -0.4 is 4.74 Å². The fraction of sp³-hybridized carbons (Fsp3) is 0.333. The second-order valence-electron chi connectivity index (χ2n) is 6.62. The van der Waals surface area contributed by atoms with Crippen LogP contribution in [0.3, 0.4) is 0 Å². The summed E-state index contributed by atoms with van der Waals surface area (Å²) in [5, 5.41) is 9.51. The molecule has 6 heteroatoms. The number of benzene rings is 2. The van der Waals surface area contributed by atoms with Gasteiger partial charge in [-0.3, -0.25) is 9.69 Å². The van der Waals surface area contributed by atoms with Crippen LogP contribution in [0.1, 0.15) is 18.1 Å². The number of rotatable bonds is 5. The molecule has 0 saturated carbocycles. The van der Waals surface area contributed by atoms with E-state index in [2.05, 4.69) is 11.0 Å². The maximum absolute atomic E-state index is 12.6. The van der Waals surface area contributed by atoms with Crippen molar-refractivity contribution in [2.24, 2.45) is 0 Å². The second-order valence-corrected chi connectivity index (χ2v) is 7.06. The molecule has 1 atom stereocenters. The third-order valence-corrected chi connectivity index (χ3v) is 4.90. The van der Waals surface area contributed by atoms with Crippen LogP contribution >= 0.6 is 11.6 Å². The minimum absolute atomic E-state index is 0.00275. The summed E-state index contributed by atoms with van der Waals surface area (Å²) in [5.74, 6) is 0.641. The van der Waals surface area contributed by atoms with E-state index < -0.39 is 6.10 Å². The Balaban J connectivity index is 1.48. The summed E-state index contributed by atoms with van der Waals surface area (Å²) in [5.41, 5.74) is 1.84. The third kappa shape index (κ3) is 5.22. The Morgan fingerprint density at radius 1 is 1.11 bits per heavy atom. The van der Waals surface area contributed by atoms with Gasteiger partial charge in [0.1, 0.15) is 5.75 Å². The normalized spacial score (nSPS) is 15.8. The molecule has 1 amide bonds. The molecule has 1 fully saturated rings. The van der Waals surface area contributed by atoms with Crippen LogP contribution in [0.15, 0.2) is 48.5 Å². The quantitative estimate of drug-likeness (QED) is 0.794. The Morgan fingerprint density at radius 2 is 1.74 bits per heavy atom. The van der Waals surface area contributed by atoms with Crippen molar-refractivity contribution in [2.75, 3.05) is 26.2 Å². The molecule has 0 spiro atoms. The largest absolute Gasteiger partial charge is 0.481 e. The molecular weight excluding hydrogens is 362 g/mol. The summed E-state index contributed by atoms with van der Waals surface area (Å²) in [7, 11) is 0. The maximum atomic E-state index is 12.6. The first-order valence-corrected chi connectivity index (χ1v) is 9.35. The molecule has 1 saturated heterocycles. The SMILES string of the molecule is C[C@@H](Oc1ccc(Cl)cc1)C(=O)N1CCN(Cc2ccc(C#N)cc2)CC1. The number of nitrogens with zero attached hydrogens (tertiary/aromatic N) is 3. The molecule has 27 heavy (non-hydrogen) atoms. The molecule has 2 aromatic carbocycles. The lowest BCUT2D eigenvalue weighted by molar-refractivity contribution is -0.139. The van der Waals surface area contributed by atoms with Crippen molar-refractivity contribution in [1.82, 2.24) is 9.80 Å². The minimum atomic E-state index is -0.531. The molecule has 3 rings (SSSR count). The zero-order valence-electron chi connectivity index (χ0n) is 15.3. The fourth-order valence-electron chi connectivity index (χ4n) is 3.09. The zero-order valence-corrected chi connectivity index (χ0v) is 16.0. The minimum Gasteiger partial charge on any atom is -0.481 e. The highest BCUT2D eigenvalue weighted by atomic mass is 35.5. The van der Waals surface area contributed by atoms with E-state index in [0.29, 0.717) is 29.4 Å². The summed E-state index contributed by atoms with van der Waals surface area (Å²) >= 11 is 5.87. The monoisotopic (exact) mass is 383 g/mol. The van der Waals surface area contributed by atoms with Crippen molar-refractivity contribution in [1.29, 1.82) is 5.26 Å². The molecule has 1 aliphatic rings. The lowest BCUT2D eigenvalue weighted by Gasteiger charge is -2.35. The number of nitriles is 1. The number of amides is 1. The predicted octanol–water partition coefficient (Wildman–Crippen LogP) is 3.32. The third-order valence-electron chi connectivity index (χ3n) is 4.65. The number of piperazine rings is 1. The van der Waals surface area contributed by atoms with Gasteiger partial charge in [-0.15, -0.1) is 0 Å². The molecule has 2 aromatic rings. The molecular formula is C21H22ClN3O2. The first kappa shape index (κ1) is 19.2. The van der Waals surface area contributed by atoms with Crippen LogP contribution in [0, 0.1) is 11.3 Å². The van der Waals surface area contributed by atoms with Crippen LogP contribution in [0.25, 0.3) is 0 Å². The lowest BCUT2D eigenvalue weighted by Crippen LogP contribution is -2.51. The van der Waals surface area contributed by atoms with Gasteiger partial charge in [0.2, 0.25) is 0 Å². The average Bonchev–Trinajstić information content (AvgIpc) is 2.70. The molecule has 0 bridgehead atoms. The van der Waals surface area contributed by atoms with E-state index in [1.807, 2.05) is 29.2 Å². The molecule has 0 radical (unpaired) electrons. The van der Waals surface area contributed by atoms with Crippen molar-refractivity contribution < 1.29 is 9.53 Å². The van der Waals surface area contributed by atoms with Crippen LogP contribution in [0.4, 0.5) is 0 Å². The van der Waals surface area contributed by atoms with Gasteiger partial charge in [-0.05, 0) is 48.9 Å². The Labute approximate surface area is 164 Å². The van der Waals surface area contributed by atoms with E-state index in [9.17, 15) is 4.79 Å². The molecule has 0 N–H and O–H groups in total. The number of carbonyl (C=O) groups excluding carboxylic acids is 1. The summed E-state index contributed by atoms with van der Waals surface area (Å²) in [6, 6.07) is 16.8. The molecule has 0 aromatic heterocycles. The summed E-state index contributed by atoms with van der Waals surface area (Å²) in [6.45, 7) is 5.61. The number of hydrogen-bond donors (Lipinski definition) is 0. The topological polar surface area (TPSA) is 56.6 Å². The van der Waals surface area contributed by atoms with E-state index in [-0.39, 0.29) is 5.91 Å². The first-order chi connectivity index (χ1) is 13.0. The molecule has 0 aliphatic carbocycles. The number of ether oxygens (including phenoxy) is 1. The average molecular weight is 384 g/mol. The van der Waals surface area contributed by atoms with E-state index in [1.165, 1.54) is 5.56 Å². The molecule has 140 valence electrons. The highest BCUT2D eigenvalue weighted by molar-refractivity contribution is 6.30. The van der Waals surface area contributed by atoms with Crippen molar-refractivity contribution in [3.05, 3.63) is 64.7 Å². The van der Waals surface area contributed by atoms with Crippen LogP contribution in [0.5, 0.6) is 5.75 Å². The van der Waals surface area contributed by atoms with Crippen LogP contribution in [-0.2, 0) is 11.3 Å². The zero-order chi connectivity index (χ0) is 19.2. The number of carbonyl (C=O) groups is 1. The molecule has 5 nitrogen and oxygen atoms in total. The van der Waals surface area contributed by atoms with Gasteiger partial charge in [-0.2, -0.15) is 5.26 Å². The van der Waals surface area contributed by atoms with Crippen LogP contribution in [-0.4, -0.2) is 48.0 Å². The first-order valence-electron chi connectivity index (χ1n) is 8.97. The summed E-state index contributed by atoms with van der Waals surface area (Å²) < 4.78 is 5.74. The van der Waals surface area contributed by atoms with Gasteiger partial charge in [0.15, 0.2) is 6.10 Å². The van der Waals surface area contributed by atoms with Gasteiger partial charge >= 0.3 is 0 Å². The highest BCUT2D eigenvalue weighted by Gasteiger charge is 2.26. The lowest BCUT2D eigenvalue weighted by atomic mass is 10.1. The number of halogens is 1. The Kier molecular flexibility index (Phi) is 6.33.